The highest BCUT2D eigenvalue weighted by molar-refractivity contribution is 5.58. The molecular formula is C21H18N4O. The second-order valence-electron chi connectivity index (χ2n) is 6.33. The summed E-state index contributed by atoms with van der Waals surface area (Å²) in [6.45, 7) is 3.97. The Bertz CT molecular complexity index is 1060. The Balaban J connectivity index is 1.99. The van der Waals surface area contributed by atoms with E-state index in [1.54, 1.807) is 4.68 Å². The fourth-order valence-electron chi connectivity index (χ4n) is 3.48. The lowest BCUT2D eigenvalue weighted by Gasteiger charge is -2.26. The summed E-state index contributed by atoms with van der Waals surface area (Å²) in [4.78, 5) is 0. The van der Waals surface area contributed by atoms with E-state index in [-0.39, 0.29) is 11.8 Å². The van der Waals surface area contributed by atoms with E-state index in [0.29, 0.717) is 11.5 Å². The van der Waals surface area contributed by atoms with Crippen LogP contribution in [0.15, 0.2) is 66.1 Å². The molecule has 2 N–H and O–H groups in total. The first-order valence-electron chi connectivity index (χ1n) is 8.40. The van der Waals surface area contributed by atoms with Crippen LogP contribution in [-0.2, 0) is 0 Å². The lowest BCUT2D eigenvalue weighted by molar-refractivity contribution is 0.367. The smallest absolute Gasteiger partial charge is 0.229 e. The molecule has 128 valence electrons. The van der Waals surface area contributed by atoms with Gasteiger partial charge in [-0.1, -0.05) is 42.5 Å². The largest absolute Gasteiger partial charge is 0.422 e. The molecule has 5 nitrogen and oxygen atoms in total. The molecule has 0 saturated heterocycles. The second-order valence-corrected chi connectivity index (χ2v) is 6.33. The summed E-state index contributed by atoms with van der Waals surface area (Å²) >= 11 is 0. The Labute approximate surface area is 151 Å². The van der Waals surface area contributed by atoms with Crippen LogP contribution in [0.25, 0.3) is 5.69 Å². The Kier molecular flexibility index (Phi) is 3.74. The summed E-state index contributed by atoms with van der Waals surface area (Å²) in [5, 5.41) is 14.4. The lowest BCUT2D eigenvalue weighted by Crippen LogP contribution is -2.22. The molecule has 0 saturated carbocycles. The zero-order valence-corrected chi connectivity index (χ0v) is 14.6. The van der Waals surface area contributed by atoms with Crippen molar-refractivity contribution >= 4 is 0 Å². The molecule has 0 amide bonds. The van der Waals surface area contributed by atoms with Crippen molar-refractivity contribution in [2.24, 2.45) is 5.73 Å². The maximum absolute atomic E-state index is 9.73. The van der Waals surface area contributed by atoms with E-state index in [1.165, 1.54) is 0 Å². The Morgan fingerprint density at radius 2 is 1.77 bits per heavy atom. The summed E-state index contributed by atoms with van der Waals surface area (Å²) in [6, 6.07) is 20.0. The van der Waals surface area contributed by atoms with Gasteiger partial charge in [0.15, 0.2) is 0 Å². The molecule has 0 aliphatic carbocycles. The molecular weight excluding hydrogens is 324 g/mol. The normalized spacial score (nSPS) is 16.0. The summed E-state index contributed by atoms with van der Waals surface area (Å²) < 4.78 is 7.62. The van der Waals surface area contributed by atoms with Crippen LogP contribution in [-0.4, -0.2) is 9.78 Å². The Hall–Kier alpha value is -3.52. The highest BCUT2D eigenvalue weighted by atomic mass is 16.5. The third-order valence-electron chi connectivity index (χ3n) is 4.73. The number of nitrogens with two attached hydrogens (primary N) is 1. The van der Waals surface area contributed by atoms with Gasteiger partial charge in [0.1, 0.15) is 11.6 Å². The first-order chi connectivity index (χ1) is 12.6. The van der Waals surface area contributed by atoms with Crippen molar-refractivity contribution in [3.8, 4) is 17.6 Å². The van der Waals surface area contributed by atoms with Gasteiger partial charge in [-0.05, 0) is 37.1 Å². The van der Waals surface area contributed by atoms with Gasteiger partial charge in [0.25, 0.3) is 0 Å². The summed E-state index contributed by atoms with van der Waals surface area (Å²) in [5.41, 5.74) is 11.3. The number of hydrogen-bond donors (Lipinski definition) is 1. The molecule has 2 aromatic carbocycles. The number of benzene rings is 2. The van der Waals surface area contributed by atoms with E-state index in [2.05, 4.69) is 11.2 Å². The molecule has 1 aliphatic rings. The molecule has 0 fully saturated rings. The van der Waals surface area contributed by atoms with Crippen LogP contribution in [0.5, 0.6) is 5.88 Å². The first kappa shape index (κ1) is 16.0. The van der Waals surface area contributed by atoms with Crippen molar-refractivity contribution in [1.29, 1.82) is 5.26 Å². The highest BCUT2D eigenvalue weighted by Gasteiger charge is 2.36. The van der Waals surface area contributed by atoms with Crippen molar-refractivity contribution < 1.29 is 4.74 Å². The number of rotatable bonds is 2. The van der Waals surface area contributed by atoms with Crippen LogP contribution in [0.3, 0.4) is 0 Å². The van der Waals surface area contributed by atoms with Crippen molar-refractivity contribution in [2.75, 3.05) is 0 Å². The molecule has 1 atom stereocenters. The zero-order valence-electron chi connectivity index (χ0n) is 14.6. The topological polar surface area (TPSA) is 76.9 Å². The second kappa shape index (κ2) is 6.08. The average molecular weight is 342 g/mol. The van der Waals surface area contributed by atoms with E-state index in [4.69, 9.17) is 10.5 Å². The minimum absolute atomic E-state index is 0.130. The molecule has 0 radical (unpaired) electrons. The average Bonchev–Trinajstić information content (AvgIpc) is 2.98. The van der Waals surface area contributed by atoms with Crippen LogP contribution < -0.4 is 10.5 Å². The van der Waals surface area contributed by atoms with Gasteiger partial charge in [-0.2, -0.15) is 10.4 Å². The molecule has 0 bridgehead atoms. The molecule has 1 aromatic heterocycles. The first-order valence-corrected chi connectivity index (χ1v) is 8.40. The molecule has 0 unspecified atom stereocenters. The van der Waals surface area contributed by atoms with Gasteiger partial charge in [-0.3, -0.25) is 0 Å². The van der Waals surface area contributed by atoms with Gasteiger partial charge in [-0.15, -0.1) is 0 Å². The molecule has 0 spiro atoms. The summed E-state index contributed by atoms with van der Waals surface area (Å²) in [5.74, 6) is 0.409. The monoisotopic (exact) mass is 342 g/mol. The summed E-state index contributed by atoms with van der Waals surface area (Å²) in [7, 11) is 0. The van der Waals surface area contributed by atoms with Crippen molar-refractivity contribution in [3.05, 3.63) is 88.4 Å². The number of nitriles is 1. The highest BCUT2D eigenvalue weighted by Crippen LogP contribution is 2.45. The third-order valence-corrected chi connectivity index (χ3v) is 4.73. The lowest BCUT2D eigenvalue weighted by atomic mass is 9.82. The van der Waals surface area contributed by atoms with Gasteiger partial charge in [0.2, 0.25) is 11.8 Å². The van der Waals surface area contributed by atoms with Crippen LogP contribution >= 0.6 is 0 Å². The summed E-state index contributed by atoms with van der Waals surface area (Å²) in [6.07, 6.45) is 0. The van der Waals surface area contributed by atoms with Gasteiger partial charge in [0, 0.05) is 0 Å². The number of fused-ring (bicyclic) bond motifs is 1. The molecule has 5 heteroatoms. The van der Waals surface area contributed by atoms with E-state index in [9.17, 15) is 5.26 Å². The molecule has 2 heterocycles. The van der Waals surface area contributed by atoms with Crippen molar-refractivity contribution in [3.63, 3.8) is 0 Å². The number of aryl methyl sites for hydroxylation is 2. The fourth-order valence-corrected chi connectivity index (χ4v) is 3.48. The van der Waals surface area contributed by atoms with E-state index in [0.717, 1.165) is 28.1 Å². The zero-order chi connectivity index (χ0) is 18.3. The number of nitrogens with zero attached hydrogens (tertiary/aromatic N) is 3. The number of ether oxygens (including phenoxy) is 1. The Morgan fingerprint density at radius 3 is 2.46 bits per heavy atom. The van der Waals surface area contributed by atoms with Gasteiger partial charge in [0.05, 0.1) is 22.9 Å². The predicted molar refractivity (Wildman–Crippen MR) is 98.8 cm³/mol. The maximum atomic E-state index is 9.73. The minimum atomic E-state index is -0.289. The SMILES string of the molecule is Cc1ccccc1[C@H]1C(C#N)=C(N)Oc2c1c(C)nn2-c1ccccc1. The predicted octanol–water partition coefficient (Wildman–Crippen LogP) is 3.71. The van der Waals surface area contributed by atoms with Crippen LogP contribution in [0.2, 0.25) is 0 Å². The quantitative estimate of drug-likeness (QED) is 0.770. The number of aromatic nitrogens is 2. The van der Waals surface area contributed by atoms with Crippen molar-refractivity contribution in [1.82, 2.24) is 9.78 Å². The van der Waals surface area contributed by atoms with Crippen LogP contribution in [0.4, 0.5) is 0 Å². The molecule has 1 aliphatic heterocycles. The standard InChI is InChI=1S/C21H18N4O/c1-13-8-6-7-11-16(13)19-17(12-22)20(23)26-21-18(19)14(2)24-25(21)15-9-4-3-5-10-15/h3-11,19H,23H2,1-2H3/t19-/m0/s1. The molecule has 4 rings (SSSR count). The third kappa shape index (κ3) is 2.35. The number of allylic oxidation sites excluding steroid dienone is 1. The van der Waals surface area contributed by atoms with Gasteiger partial charge < -0.3 is 10.5 Å². The van der Waals surface area contributed by atoms with E-state index >= 15 is 0 Å². The maximum Gasteiger partial charge on any atom is 0.229 e. The van der Waals surface area contributed by atoms with E-state index in [1.807, 2.05) is 68.4 Å². The van der Waals surface area contributed by atoms with Gasteiger partial charge >= 0.3 is 0 Å². The van der Waals surface area contributed by atoms with Crippen LogP contribution in [0, 0.1) is 25.2 Å². The molecule has 3 aromatic rings. The Morgan fingerprint density at radius 1 is 1.08 bits per heavy atom. The molecule has 26 heavy (non-hydrogen) atoms. The van der Waals surface area contributed by atoms with E-state index < -0.39 is 0 Å². The fraction of sp³-hybridized carbons (Fsp3) is 0.143. The minimum Gasteiger partial charge on any atom is -0.422 e. The van der Waals surface area contributed by atoms with Crippen molar-refractivity contribution in [2.45, 2.75) is 19.8 Å². The van der Waals surface area contributed by atoms with Crippen LogP contribution in [0.1, 0.15) is 28.3 Å². The number of hydrogen-bond acceptors (Lipinski definition) is 4. The van der Waals surface area contributed by atoms with Gasteiger partial charge in [-0.25, -0.2) is 4.68 Å². The number of para-hydroxylation sites is 1.